The van der Waals surface area contributed by atoms with Crippen LogP contribution in [0.1, 0.15) is 63.7 Å². The van der Waals surface area contributed by atoms with Crippen LogP contribution in [0.5, 0.6) is 0 Å². The van der Waals surface area contributed by atoms with Crippen molar-refractivity contribution in [2.45, 2.75) is 64.1 Å². The Bertz CT molecular complexity index is 399. The predicted molar refractivity (Wildman–Crippen MR) is 80.1 cm³/mol. The van der Waals surface area contributed by atoms with Crippen LogP contribution >= 0.6 is 15.9 Å². The fourth-order valence-corrected chi connectivity index (χ4v) is 3.21. The molecular weight excluding hydrogens is 306 g/mol. The Labute approximate surface area is 123 Å². The number of hydrogen-bond donors (Lipinski definition) is 1. The summed E-state index contributed by atoms with van der Waals surface area (Å²) in [6, 6.07) is 0.350. The molecule has 0 spiro atoms. The molecule has 0 aromatic carbocycles. The van der Waals surface area contributed by atoms with Crippen LogP contribution in [0, 0.1) is 0 Å². The summed E-state index contributed by atoms with van der Waals surface area (Å²) in [5.74, 6) is 0. The van der Waals surface area contributed by atoms with E-state index in [9.17, 15) is 0 Å². The normalized spacial score (nSPS) is 21.8. The number of nitrogens with two attached hydrogens (primary N) is 1. The van der Waals surface area contributed by atoms with Crippen molar-refractivity contribution in [3.8, 4) is 0 Å². The number of aromatic nitrogens is 2. The van der Waals surface area contributed by atoms with Crippen LogP contribution in [0.15, 0.2) is 10.7 Å². The van der Waals surface area contributed by atoms with Crippen molar-refractivity contribution in [3.63, 3.8) is 0 Å². The molecule has 2 unspecified atom stereocenters. The summed E-state index contributed by atoms with van der Waals surface area (Å²) in [6.07, 6.45) is 7.89. The largest absolute Gasteiger partial charge is 0.378 e. The highest BCUT2D eigenvalue weighted by Gasteiger charge is 2.21. The zero-order chi connectivity index (χ0) is 13.8. The van der Waals surface area contributed by atoms with Gasteiger partial charge in [0.15, 0.2) is 0 Å². The summed E-state index contributed by atoms with van der Waals surface area (Å²) >= 11 is 3.56. The molecule has 1 aromatic rings. The van der Waals surface area contributed by atoms with Crippen molar-refractivity contribution in [3.05, 3.63) is 16.4 Å². The Morgan fingerprint density at radius 2 is 2.32 bits per heavy atom. The Balaban J connectivity index is 1.95. The van der Waals surface area contributed by atoms with Gasteiger partial charge >= 0.3 is 0 Å². The minimum atomic E-state index is 0.0183. The third-order valence-corrected chi connectivity index (χ3v) is 4.31. The summed E-state index contributed by atoms with van der Waals surface area (Å²) in [6.45, 7) is 5.16. The number of rotatable bonds is 5. The molecule has 19 heavy (non-hydrogen) atoms. The maximum Gasteiger partial charge on any atom is 0.0696 e. The summed E-state index contributed by atoms with van der Waals surface area (Å²) in [4.78, 5) is 0. The first-order valence-corrected chi connectivity index (χ1v) is 7.99. The quantitative estimate of drug-likeness (QED) is 0.898. The minimum absolute atomic E-state index is 0.0183. The number of hydrogen-bond acceptors (Lipinski definition) is 3. The van der Waals surface area contributed by atoms with E-state index in [2.05, 4.69) is 34.9 Å². The van der Waals surface area contributed by atoms with Crippen molar-refractivity contribution in [1.29, 1.82) is 0 Å². The first-order valence-electron chi connectivity index (χ1n) is 7.19. The lowest BCUT2D eigenvalue weighted by Gasteiger charge is -2.24. The third-order valence-electron chi connectivity index (χ3n) is 3.70. The van der Waals surface area contributed by atoms with E-state index < -0.39 is 0 Å². The van der Waals surface area contributed by atoms with Crippen LogP contribution in [0.3, 0.4) is 0 Å². The predicted octanol–water partition coefficient (Wildman–Crippen LogP) is 3.58. The van der Waals surface area contributed by atoms with Gasteiger partial charge in [-0.3, -0.25) is 4.68 Å². The van der Waals surface area contributed by atoms with Gasteiger partial charge in [0.2, 0.25) is 0 Å². The average molecular weight is 330 g/mol. The molecule has 5 heteroatoms. The van der Waals surface area contributed by atoms with Gasteiger partial charge in [-0.05, 0) is 61.9 Å². The first kappa shape index (κ1) is 15.0. The molecule has 2 heterocycles. The second-order valence-electron chi connectivity index (χ2n) is 5.59. The molecule has 2 N–H and O–H groups in total. The fourth-order valence-electron chi connectivity index (χ4n) is 2.65. The topological polar surface area (TPSA) is 53.1 Å². The molecule has 0 saturated carbocycles. The van der Waals surface area contributed by atoms with E-state index in [0.717, 1.165) is 29.6 Å². The second kappa shape index (κ2) is 6.86. The SMILES string of the molecule is CC(C)n1ncc(Br)c1C(N)CCC1CCCCO1. The monoisotopic (exact) mass is 329 g/mol. The summed E-state index contributed by atoms with van der Waals surface area (Å²) in [5, 5.41) is 4.39. The number of halogens is 1. The van der Waals surface area contributed by atoms with Crippen molar-refractivity contribution >= 4 is 15.9 Å². The molecule has 1 aromatic heterocycles. The van der Waals surface area contributed by atoms with E-state index in [4.69, 9.17) is 10.5 Å². The highest BCUT2D eigenvalue weighted by Crippen LogP contribution is 2.28. The maximum atomic E-state index is 6.35. The summed E-state index contributed by atoms with van der Waals surface area (Å²) in [5.41, 5.74) is 7.45. The lowest BCUT2D eigenvalue weighted by Crippen LogP contribution is -2.23. The van der Waals surface area contributed by atoms with Crippen molar-refractivity contribution in [2.75, 3.05) is 6.61 Å². The maximum absolute atomic E-state index is 6.35. The Morgan fingerprint density at radius 3 is 2.95 bits per heavy atom. The molecule has 0 radical (unpaired) electrons. The van der Waals surface area contributed by atoms with E-state index in [1.54, 1.807) is 0 Å². The first-order chi connectivity index (χ1) is 9.09. The minimum Gasteiger partial charge on any atom is -0.378 e. The molecule has 2 rings (SSSR count). The van der Waals surface area contributed by atoms with E-state index in [1.165, 1.54) is 19.3 Å². The molecule has 108 valence electrons. The van der Waals surface area contributed by atoms with Crippen molar-refractivity contribution < 1.29 is 4.74 Å². The molecular formula is C14H24BrN3O. The van der Waals surface area contributed by atoms with Gasteiger partial charge in [0.25, 0.3) is 0 Å². The Morgan fingerprint density at radius 1 is 1.53 bits per heavy atom. The second-order valence-corrected chi connectivity index (χ2v) is 6.44. The van der Waals surface area contributed by atoms with Crippen LogP contribution in [0.2, 0.25) is 0 Å². The van der Waals surface area contributed by atoms with E-state index >= 15 is 0 Å². The fraction of sp³-hybridized carbons (Fsp3) is 0.786. The van der Waals surface area contributed by atoms with Gasteiger partial charge < -0.3 is 10.5 Å². The number of ether oxygens (including phenoxy) is 1. The van der Waals surface area contributed by atoms with Crippen LogP contribution in [-0.4, -0.2) is 22.5 Å². The van der Waals surface area contributed by atoms with Crippen LogP contribution in [-0.2, 0) is 4.74 Å². The third kappa shape index (κ3) is 3.80. The van der Waals surface area contributed by atoms with Gasteiger partial charge in [0, 0.05) is 18.7 Å². The molecule has 2 atom stereocenters. The highest BCUT2D eigenvalue weighted by atomic mass is 79.9. The van der Waals surface area contributed by atoms with Gasteiger partial charge in [0.05, 0.1) is 22.5 Å². The molecule has 1 saturated heterocycles. The van der Waals surface area contributed by atoms with Gasteiger partial charge in [0.1, 0.15) is 0 Å². The number of nitrogens with zero attached hydrogens (tertiary/aromatic N) is 2. The van der Waals surface area contributed by atoms with E-state index in [1.807, 2.05) is 10.9 Å². The summed E-state index contributed by atoms with van der Waals surface area (Å²) < 4.78 is 8.79. The standard InChI is InChI=1S/C14H24BrN3O/c1-10(2)18-14(12(15)9-17-18)13(16)7-6-11-5-3-4-8-19-11/h9-11,13H,3-8,16H2,1-2H3. The van der Waals surface area contributed by atoms with E-state index in [-0.39, 0.29) is 6.04 Å². The zero-order valence-corrected chi connectivity index (χ0v) is 13.4. The van der Waals surface area contributed by atoms with Gasteiger partial charge in [-0.2, -0.15) is 5.10 Å². The van der Waals surface area contributed by atoms with Gasteiger partial charge in [-0.25, -0.2) is 0 Å². The van der Waals surface area contributed by atoms with Crippen molar-refractivity contribution in [2.24, 2.45) is 5.73 Å². The Hall–Kier alpha value is -0.390. The molecule has 1 fully saturated rings. The van der Waals surface area contributed by atoms with E-state index in [0.29, 0.717) is 12.1 Å². The Kier molecular flexibility index (Phi) is 5.42. The lowest BCUT2D eigenvalue weighted by atomic mass is 10.0. The highest BCUT2D eigenvalue weighted by molar-refractivity contribution is 9.10. The molecule has 1 aliphatic rings. The van der Waals surface area contributed by atoms with Crippen LogP contribution in [0.25, 0.3) is 0 Å². The molecule has 4 nitrogen and oxygen atoms in total. The molecule has 1 aliphatic heterocycles. The van der Waals surface area contributed by atoms with Crippen LogP contribution < -0.4 is 5.73 Å². The van der Waals surface area contributed by atoms with Gasteiger partial charge in [-0.15, -0.1) is 0 Å². The lowest BCUT2D eigenvalue weighted by molar-refractivity contribution is 0.00899. The molecule has 0 amide bonds. The molecule has 0 bridgehead atoms. The van der Waals surface area contributed by atoms with Crippen LogP contribution in [0.4, 0.5) is 0 Å². The smallest absolute Gasteiger partial charge is 0.0696 e. The van der Waals surface area contributed by atoms with Gasteiger partial charge in [-0.1, -0.05) is 0 Å². The zero-order valence-electron chi connectivity index (χ0n) is 11.8. The average Bonchev–Trinajstić information content (AvgIpc) is 2.79. The van der Waals surface area contributed by atoms with Crippen molar-refractivity contribution in [1.82, 2.24) is 9.78 Å². The summed E-state index contributed by atoms with van der Waals surface area (Å²) in [7, 11) is 0. The molecule has 0 aliphatic carbocycles.